The molecular weight excluding hydrogens is 238 g/mol. The average molecular weight is 263 g/mol. The second-order valence-electron chi connectivity index (χ2n) is 6.13. The third-order valence-corrected chi connectivity index (χ3v) is 4.56. The van der Waals surface area contributed by atoms with Gasteiger partial charge in [-0.05, 0) is 25.7 Å². The van der Waals surface area contributed by atoms with Gasteiger partial charge in [-0.2, -0.15) is 0 Å². The van der Waals surface area contributed by atoms with Crippen LogP contribution in [-0.2, 0) is 6.54 Å². The van der Waals surface area contributed by atoms with E-state index in [4.69, 9.17) is 4.52 Å². The van der Waals surface area contributed by atoms with Crippen molar-refractivity contribution in [1.82, 2.24) is 15.4 Å². The molecule has 1 aromatic heterocycles. The fourth-order valence-electron chi connectivity index (χ4n) is 3.55. The van der Waals surface area contributed by atoms with Crippen LogP contribution in [0.5, 0.6) is 0 Å². The van der Waals surface area contributed by atoms with Crippen molar-refractivity contribution in [1.29, 1.82) is 0 Å². The molecule has 1 saturated heterocycles. The lowest BCUT2D eigenvalue weighted by Crippen LogP contribution is -2.53. The highest BCUT2D eigenvalue weighted by Crippen LogP contribution is 2.27. The van der Waals surface area contributed by atoms with E-state index in [1.807, 2.05) is 6.92 Å². The van der Waals surface area contributed by atoms with Gasteiger partial charge in [0, 0.05) is 31.7 Å². The Morgan fingerprint density at radius 2 is 2.21 bits per heavy atom. The summed E-state index contributed by atoms with van der Waals surface area (Å²) < 4.78 is 5.34. The van der Waals surface area contributed by atoms with Crippen molar-refractivity contribution in [3.63, 3.8) is 0 Å². The molecule has 1 unspecified atom stereocenters. The number of hydrogen-bond acceptors (Lipinski definition) is 4. The zero-order valence-corrected chi connectivity index (χ0v) is 11.9. The van der Waals surface area contributed by atoms with Crippen LogP contribution in [0.3, 0.4) is 0 Å². The Labute approximate surface area is 115 Å². The molecule has 2 heterocycles. The van der Waals surface area contributed by atoms with Crippen LogP contribution in [0.25, 0.3) is 0 Å². The molecule has 0 spiro atoms. The summed E-state index contributed by atoms with van der Waals surface area (Å²) >= 11 is 0. The molecule has 2 fully saturated rings. The Morgan fingerprint density at radius 1 is 1.37 bits per heavy atom. The van der Waals surface area contributed by atoms with Crippen molar-refractivity contribution in [3.05, 3.63) is 17.5 Å². The van der Waals surface area contributed by atoms with Crippen LogP contribution in [0.4, 0.5) is 0 Å². The van der Waals surface area contributed by atoms with Gasteiger partial charge < -0.3 is 9.84 Å². The maximum absolute atomic E-state index is 5.34. The maximum Gasteiger partial charge on any atom is 0.150 e. The van der Waals surface area contributed by atoms with Gasteiger partial charge in [0.2, 0.25) is 0 Å². The van der Waals surface area contributed by atoms with E-state index in [-0.39, 0.29) is 0 Å². The quantitative estimate of drug-likeness (QED) is 0.909. The molecule has 1 aromatic rings. The lowest BCUT2D eigenvalue weighted by Gasteiger charge is -2.38. The van der Waals surface area contributed by atoms with E-state index in [9.17, 15) is 0 Å². The molecular formula is C15H25N3O. The van der Waals surface area contributed by atoms with Gasteiger partial charge in [0.15, 0.2) is 5.76 Å². The number of nitrogens with one attached hydrogen (secondary N) is 1. The van der Waals surface area contributed by atoms with Gasteiger partial charge in [-0.15, -0.1) is 0 Å². The van der Waals surface area contributed by atoms with Crippen molar-refractivity contribution in [2.45, 2.75) is 51.6 Å². The van der Waals surface area contributed by atoms with Crippen LogP contribution in [0, 0.1) is 12.8 Å². The van der Waals surface area contributed by atoms with Gasteiger partial charge >= 0.3 is 0 Å². The van der Waals surface area contributed by atoms with Crippen molar-refractivity contribution in [2.24, 2.45) is 5.92 Å². The van der Waals surface area contributed by atoms with Gasteiger partial charge in [0.05, 0.1) is 12.2 Å². The Morgan fingerprint density at radius 3 is 2.95 bits per heavy atom. The first-order chi connectivity index (χ1) is 9.31. The Hall–Kier alpha value is -0.870. The van der Waals surface area contributed by atoms with E-state index in [1.54, 1.807) is 0 Å². The minimum Gasteiger partial charge on any atom is -0.360 e. The molecule has 1 N–H and O–H groups in total. The molecule has 0 amide bonds. The Kier molecular flexibility index (Phi) is 4.18. The molecule has 0 bridgehead atoms. The molecule has 0 aromatic carbocycles. The van der Waals surface area contributed by atoms with Crippen molar-refractivity contribution >= 4 is 0 Å². The smallest absolute Gasteiger partial charge is 0.150 e. The first kappa shape index (κ1) is 13.1. The lowest BCUT2D eigenvalue weighted by molar-refractivity contribution is 0.131. The van der Waals surface area contributed by atoms with Gasteiger partial charge in [0.1, 0.15) is 0 Å². The fraction of sp³-hybridized carbons (Fsp3) is 0.800. The number of aryl methyl sites for hydroxylation is 1. The highest BCUT2D eigenvalue weighted by Gasteiger charge is 2.28. The van der Waals surface area contributed by atoms with Crippen molar-refractivity contribution in [2.75, 3.05) is 19.6 Å². The molecule has 2 aliphatic rings. The SMILES string of the molecule is Cc1cc(CN2CCNC(C3CCCCC3)C2)on1. The molecule has 3 rings (SSSR count). The Balaban J connectivity index is 1.55. The second-order valence-corrected chi connectivity index (χ2v) is 6.13. The summed E-state index contributed by atoms with van der Waals surface area (Å²) in [6.07, 6.45) is 7.10. The molecule has 1 saturated carbocycles. The summed E-state index contributed by atoms with van der Waals surface area (Å²) in [6, 6.07) is 2.73. The third kappa shape index (κ3) is 3.37. The summed E-state index contributed by atoms with van der Waals surface area (Å²) in [5, 5.41) is 7.70. The van der Waals surface area contributed by atoms with E-state index < -0.39 is 0 Å². The minimum atomic E-state index is 0.679. The van der Waals surface area contributed by atoms with E-state index in [0.29, 0.717) is 6.04 Å². The zero-order valence-electron chi connectivity index (χ0n) is 11.9. The van der Waals surface area contributed by atoms with Crippen molar-refractivity contribution < 1.29 is 4.52 Å². The minimum absolute atomic E-state index is 0.679. The number of nitrogens with zero attached hydrogens (tertiary/aromatic N) is 2. The van der Waals surface area contributed by atoms with Crippen LogP contribution in [-0.4, -0.2) is 35.7 Å². The number of aromatic nitrogens is 1. The molecule has 0 radical (unpaired) electrons. The number of rotatable bonds is 3. The molecule has 1 atom stereocenters. The van der Waals surface area contributed by atoms with Gasteiger partial charge in [-0.3, -0.25) is 4.90 Å². The summed E-state index contributed by atoms with van der Waals surface area (Å²) in [7, 11) is 0. The third-order valence-electron chi connectivity index (χ3n) is 4.56. The summed E-state index contributed by atoms with van der Waals surface area (Å²) in [6.45, 7) is 6.27. The summed E-state index contributed by atoms with van der Waals surface area (Å²) in [5.41, 5.74) is 0.981. The van der Waals surface area contributed by atoms with Crippen molar-refractivity contribution in [3.8, 4) is 0 Å². The maximum atomic E-state index is 5.34. The topological polar surface area (TPSA) is 41.3 Å². The summed E-state index contributed by atoms with van der Waals surface area (Å²) in [4.78, 5) is 2.51. The molecule has 4 heteroatoms. The number of hydrogen-bond donors (Lipinski definition) is 1. The van der Waals surface area contributed by atoms with Gasteiger partial charge in [0.25, 0.3) is 0 Å². The standard InChI is InChI=1S/C15H25N3O/c1-12-9-14(19-17-12)10-18-8-7-16-15(11-18)13-5-3-2-4-6-13/h9,13,15-16H,2-8,10-11H2,1H3. The van der Waals surface area contributed by atoms with Gasteiger partial charge in [-0.25, -0.2) is 0 Å². The van der Waals surface area contributed by atoms with Crippen LogP contribution in [0.15, 0.2) is 10.6 Å². The first-order valence-electron chi connectivity index (χ1n) is 7.69. The highest BCUT2D eigenvalue weighted by molar-refractivity contribution is 5.03. The second kappa shape index (κ2) is 6.06. The first-order valence-corrected chi connectivity index (χ1v) is 7.69. The van der Waals surface area contributed by atoms with E-state index in [1.165, 1.54) is 32.1 Å². The fourth-order valence-corrected chi connectivity index (χ4v) is 3.55. The van der Waals surface area contributed by atoms with E-state index >= 15 is 0 Å². The van der Waals surface area contributed by atoms with E-state index in [0.717, 1.165) is 43.6 Å². The molecule has 4 nitrogen and oxygen atoms in total. The molecule has 106 valence electrons. The number of piperazine rings is 1. The van der Waals surface area contributed by atoms with Crippen LogP contribution >= 0.6 is 0 Å². The molecule has 1 aliphatic carbocycles. The predicted molar refractivity (Wildman–Crippen MR) is 74.9 cm³/mol. The van der Waals surface area contributed by atoms with Crippen LogP contribution < -0.4 is 5.32 Å². The lowest BCUT2D eigenvalue weighted by atomic mass is 9.83. The van der Waals surface area contributed by atoms with Crippen LogP contribution in [0.1, 0.15) is 43.6 Å². The molecule has 1 aliphatic heterocycles. The van der Waals surface area contributed by atoms with E-state index in [2.05, 4.69) is 21.4 Å². The predicted octanol–water partition coefficient (Wildman–Crippen LogP) is 2.34. The monoisotopic (exact) mass is 263 g/mol. The Bertz CT molecular complexity index is 398. The van der Waals surface area contributed by atoms with Crippen LogP contribution in [0.2, 0.25) is 0 Å². The zero-order chi connectivity index (χ0) is 13.1. The largest absolute Gasteiger partial charge is 0.360 e. The highest BCUT2D eigenvalue weighted by atomic mass is 16.5. The average Bonchev–Trinajstić information content (AvgIpc) is 2.85. The van der Waals surface area contributed by atoms with Gasteiger partial charge in [-0.1, -0.05) is 24.4 Å². The normalized spacial score (nSPS) is 26.7. The molecule has 19 heavy (non-hydrogen) atoms. The summed E-state index contributed by atoms with van der Waals surface area (Å²) in [5.74, 6) is 1.88.